The lowest BCUT2D eigenvalue weighted by molar-refractivity contribution is -0.161. The summed E-state index contributed by atoms with van der Waals surface area (Å²) in [6, 6.07) is 4.07. The van der Waals surface area contributed by atoms with Gasteiger partial charge in [-0.1, -0.05) is 45.9 Å². The Morgan fingerprint density at radius 1 is 1.13 bits per heavy atom. The number of ether oxygens (including phenoxy) is 3. The molecule has 5 atom stereocenters. The summed E-state index contributed by atoms with van der Waals surface area (Å²) in [5.41, 5.74) is -2.93. The standard InChI is InChI=1S/C37H48ClN3O9S.CH4/c1-9-21-17-37(21,30(42)20-51(46,47)24-11-12-24)40-32(44)28-15-23(49-33-26-14-22(38)10-13-25(26)29(48-8)18-39-33)19-41(28)34(45)27(35(2,3)4)16-31(43)50-36(5,6)7;/h9-10,13-14,18,21,23-24,27-28H,1,11-12,15-17,19-20H2,2-8H3,(H,40,44);1H4/t21-,23-,27-,28+,37-;/m1./s1. The molecule has 286 valence electrons. The number of pyridine rings is 1. The molecule has 1 aliphatic heterocycles. The fourth-order valence-corrected chi connectivity index (χ4v) is 8.62. The molecule has 3 fully saturated rings. The number of nitrogens with one attached hydrogen (secondary N) is 1. The summed E-state index contributed by atoms with van der Waals surface area (Å²) >= 11 is 6.33. The molecule has 0 radical (unpaired) electrons. The molecule has 14 heteroatoms. The molecule has 0 spiro atoms. The van der Waals surface area contributed by atoms with Gasteiger partial charge in [-0.2, -0.15) is 0 Å². The Labute approximate surface area is 311 Å². The Bertz CT molecular complexity index is 1850. The van der Waals surface area contributed by atoms with E-state index in [9.17, 15) is 27.6 Å². The average molecular weight is 762 g/mol. The number of rotatable bonds is 13. The van der Waals surface area contributed by atoms with Crippen molar-refractivity contribution >= 4 is 55.8 Å². The summed E-state index contributed by atoms with van der Waals surface area (Å²) in [5.74, 6) is -3.52. The zero-order chi connectivity index (χ0) is 37.7. The number of amides is 2. The van der Waals surface area contributed by atoms with Gasteiger partial charge in [-0.25, -0.2) is 13.4 Å². The van der Waals surface area contributed by atoms with Crippen LogP contribution in [0, 0.1) is 17.3 Å². The Morgan fingerprint density at radius 2 is 1.81 bits per heavy atom. The van der Waals surface area contributed by atoms with Gasteiger partial charge in [0.25, 0.3) is 0 Å². The van der Waals surface area contributed by atoms with Crippen LogP contribution in [0.1, 0.15) is 81.1 Å². The quantitative estimate of drug-likeness (QED) is 0.205. The van der Waals surface area contributed by atoms with Crippen LogP contribution < -0.4 is 14.8 Å². The van der Waals surface area contributed by atoms with Crippen LogP contribution >= 0.6 is 11.6 Å². The van der Waals surface area contributed by atoms with Crippen molar-refractivity contribution in [1.82, 2.24) is 15.2 Å². The smallest absolute Gasteiger partial charge is 0.307 e. The van der Waals surface area contributed by atoms with Gasteiger partial charge in [-0.05, 0) is 63.6 Å². The lowest BCUT2D eigenvalue weighted by Gasteiger charge is -2.35. The maximum absolute atomic E-state index is 14.5. The molecular formula is C38H52ClN3O9S. The van der Waals surface area contributed by atoms with Gasteiger partial charge in [0.15, 0.2) is 15.6 Å². The summed E-state index contributed by atoms with van der Waals surface area (Å²) < 4.78 is 43.0. The lowest BCUT2D eigenvalue weighted by Crippen LogP contribution is -2.55. The number of methoxy groups -OCH3 is 1. The average Bonchev–Trinajstić information content (AvgIpc) is 3.95. The van der Waals surface area contributed by atoms with Gasteiger partial charge in [0, 0.05) is 28.1 Å². The normalized spacial score (nSPS) is 23.6. The molecule has 52 heavy (non-hydrogen) atoms. The molecule has 2 aromatic rings. The zero-order valence-electron chi connectivity index (χ0n) is 30.3. The molecule has 1 N–H and O–H groups in total. The number of halogens is 1. The summed E-state index contributed by atoms with van der Waals surface area (Å²) in [7, 11) is -2.13. The van der Waals surface area contributed by atoms with E-state index in [0.29, 0.717) is 34.4 Å². The van der Waals surface area contributed by atoms with Crippen molar-refractivity contribution in [3.63, 3.8) is 0 Å². The molecule has 1 aromatic carbocycles. The number of fused-ring (bicyclic) bond motifs is 1. The number of ketones is 1. The molecule has 2 amide bonds. The molecule has 12 nitrogen and oxygen atoms in total. The first-order valence-electron chi connectivity index (χ1n) is 17.2. The highest BCUT2D eigenvalue weighted by molar-refractivity contribution is 7.93. The van der Waals surface area contributed by atoms with Gasteiger partial charge in [-0.15, -0.1) is 6.58 Å². The third-order valence-corrected chi connectivity index (χ3v) is 12.2. The van der Waals surface area contributed by atoms with Gasteiger partial charge in [0.1, 0.15) is 34.8 Å². The summed E-state index contributed by atoms with van der Waals surface area (Å²) in [6.07, 6.45) is 3.36. The minimum atomic E-state index is -3.65. The summed E-state index contributed by atoms with van der Waals surface area (Å²) in [5, 5.41) is 4.02. The van der Waals surface area contributed by atoms with Crippen LogP contribution in [0.15, 0.2) is 37.1 Å². The lowest BCUT2D eigenvalue weighted by atomic mass is 9.77. The van der Waals surface area contributed by atoms with Crippen molar-refractivity contribution < 1.29 is 41.8 Å². The second-order valence-electron chi connectivity index (χ2n) is 15.9. The molecule has 2 saturated carbocycles. The van der Waals surface area contributed by atoms with Gasteiger partial charge in [0.2, 0.25) is 17.7 Å². The molecular weight excluding hydrogens is 710 g/mol. The molecule has 2 heterocycles. The summed E-state index contributed by atoms with van der Waals surface area (Å²) in [6.45, 7) is 14.5. The van der Waals surface area contributed by atoms with E-state index in [0.717, 1.165) is 0 Å². The van der Waals surface area contributed by atoms with Crippen molar-refractivity contribution in [1.29, 1.82) is 0 Å². The van der Waals surface area contributed by atoms with Crippen molar-refractivity contribution in [2.45, 2.75) is 110 Å². The number of benzene rings is 1. The topological polar surface area (TPSA) is 158 Å². The highest BCUT2D eigenvalue weighted by atomic mass is 35.5. The predicted octanol–water partition coefficient (Wildman–Crippen LogP) is 5.48. The number of likely N-dealkylation sites (tertiary alicyclic amines) is 1. The number of sulfone groups is 1. The Kier molecular flexibility index (Phi) is 11.8. The highest BCUT2D eigenvalue weighted by Gasteiger charge is 2.61. The van der Waals surface area contributed by atoms with E-state index in [1.807, 2.05) is 20.8 Å². The number of nitrogens with zero attached hydrogens (tertiary/aromatic N) is 2. The number of aromatic nitrogens is 1. The van der Waals surface area contributed by atoms with E-state index >= 15 is 0 Å². The van der Waals surface area contributed by atoms with Crippen LogP contribution in [0.5, 0.6) is 11.6 Å². The van der Waals surface area contributed by atoms with Crippen LogP contribution in [-0.4, -0.2) is 89.8 Å². The number of Topliss-reactive ketones (excluding diaryl/α,β-unsaturated/α-hetero) is 1. The molecule has 0 unspecified atom stereocenters. The number of hydrogen-bond acceptors (Lipinski definition) is 10. The monoisotopic (exact) mass is 761 g/mol. The highest BCUT2D eigenvalue weighted by Crippen LogP contribution is 2.47. The van der Waals surface area contributed by atoms with E-state index in [2.05, 4.69) is 16.9 Å². The minimum Gasteiger partial charge on any atom is -0.494 e. The van der Waals surface area contributed by atoms with Gasteiger partial charge in [-0.3, -0.25) is 19.2 Å². The van der Waals surface area contributed by atoms with Crippen LogP contribution in [-0.2, 0) is 33.8 Å². The van der Waals surface area contributed by atoms with Crippen LogP contribution in [0.3, 0.4) is 0 Å². The van der Waals surface area contributed by atoms with E-state index in [-0.39, 0.29) is 39.1 Å². The van der Waals surface area contributed by atoms with Crippen LogP contribution in [0.4, 0.5) is 0 Å². The SMILES string of the molecule is C.C=C[C@@H]1C[C@]1(NC(=O)[C@@H]1C[C@@H](Oc2ncc(OC)c3ccc(Cl)cc23)CN1C(=O)[C@@H](CC(=O)OC(C)(C)C)C(C)(C)C)C(=O)CS(=O)(=O)C1CC1. The number of carbonyl (C=O) groups is 4. The first-order valence-corrected chi connectivity index (χ1v) is 19.3. The Hall–Kier alpha value is -3.71. The minimum absolute atomic E-state index is 0. The van der Waals surface area contributed by atoms with Crippen LogP contribution in [0.2, 0.25) is 5.02 Å². The number of hydrogen-bond donors (Lipinski definition) is 1. The molecule has 2 aliphatic carbocycles. The first-order chi connectivity index (χ1) is 23.7. The second-order valence-corrected chi connectivity index (χ2v) is 18.7. The zero-order valence-corrected chi connectivity index (χ0v) is 31.9. The molecule has 3 aliphatic rings. The predicted molar refractivity (Wildman–Crippen MR) is 199 cm³/mol. The number of esters is 1. The van der Waals surface area contributed by atoms with Gasteiger partial charge in [0.05, 0.1) is 37.4 Å². The van der Waals surface area contributed by atoms with E-state index < -0.39 is 84.9 Å². The maximum atomic E-state index is 14.5. The van der Waals surface area contributed by atoms with E-state index in [4.69, 9.17) is 25.8 Å². The Morgan fingerprint density at radius 3 is 2.37 bits per heavy atom. The fourth-order valence-electron chi connectivity index (χ4n) is 6.73. The van der Waals surface area contributed by atoms with Crippen LogP contribution in [0.25, 0.3) is 10.8 Å². The third-order valence-electron chi connectivity index (χ3n) is 9.77. The van der Waals surface area contributed by atoms with Crippen molar-refractivity contribution in [2.24, 2.45) is 17.3 Å². The van der Waals surface area contributed by atoms with Gasteiger partial charge >= 0.3 is 5.97 Å². The second kappa shape index (κ2) is 15.0. The molecule has 1 aromatic heterocycles. The fraction of sp³-hybridized carbons (Fsp3) is 0.605. The summed E-state index contributed by atoms with van der Waals surface area (Å²) in [4.78, 5) is 61.3. The first kappa shape index (κ1) is 41.1. The Balaban J connectivity index is 0.00000605. The molecule has 0 bridgehead atoms. The maximum Gasteiger partial charge on any atom is 0.307 e. The van der Waals surface area contributed by atoms with E-state index in [1.165, 1.54) is 24.3 Å². The number of carbonyl (C=O) groups excluding carboxylic acids is 4. The third kappa shape index (κ3) is 8.90. The van der Waals surface area contributed by atoms with Gasteiger partial charge < -0.3 is 24.4 Å². The van der Waals surface area contributed by atoms with Crippen molar-refractivity contribution in [2.75, 3.05) is 19.4 Å². The van der Waals surface area contributed by atoms with E-state index in [1.54, 1.807) is 39.0 Å². The van der Waals surface area contributed by atoms with Crippen molar-refractivity contribution in [3.05, 3.63) is 42.1 Å². The molecule has 1 saturated heterocycles. The largest absolute Gasteiger partial charge is 0.494 e. The molecule has 5 rings (SSSR count). The van der Waals surface area contributed by atoms with Crippen molar-refractivity contribution in [3.8, 4) is 11.6 Å².